The molecule has 3 aromatic rings. The van der Waals surface area contributed by atoms with E-state index in [0.29, 0.717) is 42.8 Å². The molecule has 3 amide bonds. The van der Waals surface area contributed by atoms with Gasteiger partial charge >= 0.3 is 0 Å². The number of rotatable bonds is 5. The van der Waals surface area contributed by atoms with E-state index in [-0.39, 0.29) is 24.1 Å². The van der Waals surface area contributed by atoms with Gasteiger partial charge in [0.1, 0.15) is 0 Å². The second kappa shape index (κ2) is 8.82. The number of hydrogen-bond acceptors (Lipinski definition) is 8. The zero-order valence-corrected chi connectivity index (χ0v) is 16.7. The van der Waals surface area contributed by atoms with Crippen molar-refractivity contribution in [2.45, 2.75) is 6.42 Å². The first-order valence-corrected chi connectivity index (χ1v) is 10.1. The normalized spacial score (nSPS) is 13.9. The number of amides is 3. The van der Waals surface area contributed by atoms with Gasteiger partial charge in [0, 0.05) is 44.0 Å². The Kier molecular flexibility index (Phi) is 5.80. The van der Waals surface area contributed by atoms with Crippen LogP contribution in [0.15, 0.2) is 46.7 Å². The molecule has 0 atom stereocenters. The summed E-state index contributed by atoms with van der Waals surface area (Å²) in [6, 6.07) is 4.92. The molecule has 0 aliphatic carbocycles. The van der Waals surface area contributed by atoms with Crippen molar-refractivity contribution in [3.8, 4) is 0 Å². The fourth-order valence-corrected chi connectivity index (χ4v) is 3.70. The number of carbonyl (C=O) groups excluding carboxylic acids is 3. The summed E-state index contributed by atoms with van der Waals surface area (Å²) in [4.78, 5) is 52.4. The van der Waals surface area contributed by atoms with Crippen LogP contribution in [0.5, 0.6) is 0 Å². The summed E-state index contributed by atoms with van der Waals surface area (Å²) in [5.74, 6) is -0.357. The molecule has 0 aromatic carbocycles. The Morgan fingerprint density at radius 1 is 1.07 bits per heavy atom. The van der Waals surface area contributed by atoms with Gasteiger partial charge in [0.05, 0.1) is 18.4 Å². The largest absolute Gasteiger partial charge is 0.459 e. The average Bonchev–Trinajstić information content (AvgIpc) is 3.46. The Labute approximate surface area is 175 Å². The molecule has 1 N–H and O–H groups in total. The van der Waals surface area contributed by atoms with Crippen LogP contribution in [0, 0.1) is 0 Å². The first kappa shape index (κ1) is 19.7. The van der Waals surface area contributed by atoms with Gasteiger partial charge < -0.3 is 14.2 Å². The smallest absolute Gasteiger partial charge is 0.295 e. The van der Waals surface area contributed by atoms with Crippen molar-refractivity contribution in [3.05, 3.63) is 59.5 Å². The van der Waals surface area contributed by atoms with Crippen molar-refractivity contribution < 1.29 is 18.8 Å². The molecule has 0 saturated carbocycles. The maximum Gasteiger partial charge on any atom is 0.295 e. The van der Waals surface area contributed by atoms with Crippen LogP contribution >= 0.6 is 11.3 Å². The number of anilines is 1. The van der Waals surface area contributed by atoms with Crippen LogP contribution in [0.1, 0.15) is 26.9 Å². The van der Waals surface area contributed by atoms with Crippen molar-refractivity contribution in [2.75, 3.05) is 31.5 Å². The Morgan fingerprint density at radius 2 is 1.80 bits per heavy atom. The zero-order chi connectivity index (χ0) is 20.9. The molecule has 4 heterocycles. The molecule has 10 nitrogen and oxygen atoms in total. The lowest BCUT2D eigenvalue weighted by molar-refractivity contribution is -0.132. The molecule has 1 aliphatic heterocycles. The van der Waals surface area contributed by atoms with E-state index in [4.69, 9.17) is 4.42 Å². The van der Waals surface area contributed by atoms with Gasteiger partial charge in [0.15, 0.2) is 10.9 Å². The van der Waals surface area contributed by atoms with Crippen LogP contribution < -0.4 is 5.32 Å². The standard InChI is InChI=1S/C19H18N6O4S/c26-15(24-6-8-25(9-7-24)18(28)14-3-1-10-29-14)11-13-12-30-19(22-13)23-17(27)16-20-4-2-5-21-16/h1-5,10,12H,6-9,11H2,(H,22,23,27). The molecule has 0 unspecified atom stereocenters. The monoisotopic (exact) mass is 426 g/mol. The lowest BCUT2D eigenvalue weighted by Crippen LogP contribution is -2.50. The van der Waals surface area contributed by atoms with Gasteiger partial charge in [-0.15, -0.1) is 11.3 Å². The number of nitrogens with zero attached hydrogens (tertiary/aromatic N) is 5. The quantitative estimate of drug-likeness (QED) is 0.653. The van der Waals surface area contributed by atoms with Gasteiger partial charge in [0.25, 0.3) is 11.8 Å². The van der Waals surface area contributed by atoms with Crippen molar-refractivity contribution >= 4 is 34.2 Å². The maximum absolute atomic E-state index is 12.6. The van der Waals surface area contributed by atoms with Crippen LogP contribution in [0.2, 0.25) is 0 Å². The van der Waals surface area contributed by atoms with E-state index < -0.39 is 5.91 Å². The predicted octanol–water partition coefficient (Wildman–Crippen LogP) is 1.31. The minimum atomic E-state index is -0.458. The van der Waals surface area contributed by atoms with Crippen LogP contribution in [0.25, 0.3) is 0 Å². The van der Waals surface area contributed by atoms with Crippen molar-refractivity contribution in [1.29, 1.82) is 0 Å². The number of carbonyl (C=O) groups is 3. The highest BCUT2D eigenvalue weighted by Gasteiger charge is 2.26. The third-order valence-electron chi connectivity index (χ3n) is 4.52. The summed E-state index contributed by atoms with van der Waals surface area (Å²) in [6.45, 7) is 1.79. The van der Waals surface area contributed by atoms with Gasteiger partial charge in [-0.05, 0) is 18.2 Å². The molecule has 30 heavy (non-hydrogen) atoms. The number of furan rings is 1. The van der Waals surface area contributed by atoms with Crippen LogP contribution in [0.4, 0.5) is 5.13 Å². The van der Waals surface area contributed by atoms with E-state index in [1.54, 1.807) is 33.4 Å². The average molecular weight is 426 g/mol. The van der Waals surface area contributed by atoms with Crippen molar-refractivity contribution in [3.63, 3.8) is 0 Å². The topological polar surface area (TPSA) is 122 Å². The lowest BCUT2D eigenvalue weighted by atomic mass is 10.2. The van der Waals surface area contributed by atoms with E-state index >= 15 is 0 Å². The highest BCUT2D eigenvalue weighted by molar-refractivity contribution is 7.14. The number of hydrogen-bond donors (Lipinski definition) is 1. The Balaban J connectivity index is 1.28. The summed E-state index contributed by atoms with van der Waals surface area (Å²) >= 11 is 1.23. The molecule has 4 rings (SSSR count). The van der Waals surface area contributed by atoms with E-state index in [0.717, 1.165) is 0 Å². The minimum absolute atomic E-state index is 0.0484. The highest BCUT2D eigenvalue weighted by Crippen LogP contribution is 2.17. The minimum Gasteiger partial charge on any atom is -0.459 e. The second-order valence-electron chi connectivity index (χ2n) is 6.50. The summed E-state index contributed by atoms with van der Waals surface area (Å²) in [6.07, 6.45) is 4.55. The summed E-state index contributed by atoms with van der Waals surface area (Å²) in [7, 11) is 0. The van der Waals surface area contributed by atoms with Crippen LogP contribution in [0.3, 0.4) is 0 Å². The van der Waals surface area contributed by atoms with Crippen molar-refractivity contribution in [2.24, 2.45) is 0 Å². The number of aromatic nitrogens is 3. The molecule has 1 aliphatic rings. The van der Waals surface area contributed by atoms with Crippen LogP contribution in [-0.4, -0.2) is 68.7 Å². The van der Waals surface area contributed by atoms with Gasteiger partial charge in [-0.3, -0.25) is 19.7 Å². The SMILES string of the molecule is O=C(Nc1nc(CC(=O)N2CCN(C(=O)c3ccco3)CC2)cs1)c1ncccn1. The molecule has 0 spiro atoms. The van der Waals surface area contributed by atoms with Gasteiger partial charge in [-0.1, -0.05) is 0 Å². The van der Waals surface area contributed by atoms with Gasteiger partial charge in [0.2, 0.25) is 11.7 Å². The molecule has 0 radical (unpaired) electrons. The van der Waals surface area contributed by atoms with E-state index in [1.165, 1.54) is 30.0 Å². The summed E-state index contributed by atoms with van der Waals surface area (Å²) in [5, 5.41) is 4.74. The van der Waals surface area contributed by atoms with Gasteiger partial charge in [-0.25, -0.2) is 15.0 Å². The zero-order valence-electron chi connectivity index (χ0n) is 15.9. The first-order valence-electron chi connectivity index (χ1n) is 9.23. The molecule has 1 fully saturated rings. The van der Waals surface area contributed by atoms with Gasteiger partial charge in [-0.2, -0.15) is 0 Å². The maximum atomic E-state index is 12.6. The fourth-order valence-electron chi connectivity index (χ4n) is 3.00. The highest BCUT2D eigenvalue weighted by atomic mass is 32.1. The number of nitrogens with one attached hydrogen (secondary N) is 1. The Hall–Kier alpha value is -3.60. The second-order valence-corrected chi connectivity index (χ2v) is 7.36. The molecule has 1 saturated heterocycles. The molecule has 3 aromatic heterocycles. The lowest BCUT2D eigenvalue weighted by Gasteiger charge is -2.34. The number of piperazine rings is 1. The third-order valence-corrected chi connectivity index (χ3v) is 5.33. The molecule has 154 valence electrons. The fraction of sp³-hybridized carbons (Fsp3) is 0.263. The molecule has 0 bridgehead atoms. The predicted molar refractivity (Wildman–Crippen MR) is 107 cm³/mol. The number of thiazole rings is 1. The molecular formula is C19H18N6O4S. The van der Waals surface area contributed by atoms with E-state index in [9.17, 15) is 14.4 Å². The van der Waals surface area contributed by atoms with Crippen molar-refractivity contribution in [1.82, 2.24) is 24.8 Å². The Morgan fingerprint density at radius 3 is 2.50 bits per heavy atom. The van der Waals surface area contributed by atoms with Crippen LogP contribution in [-0.2, 0) is 11.2 Å². The summed E-state index contributed by atoms with van der Waals surface area (Å²) < 4.78 is 5.14. The molecule has 11 heteroatoms. The Bertz CT molecular complexity index is 1030. The summed E-state index contributed by atoms with van der Waals surface area (Å²) in [5.41, 5.74) is 0.573. The molecular weight excluding hydrogens is 408 g/mol. The van der Waals surface area contributed by atoms with E-state index in [1.807, 2.05) is 0 Å². The third kappa shape index (κ3) is 4.51. The first-order chi connectivity index (χ1) is 14.6. The van der Waals surface area contributed by atoms with E-state index in [2.05, 4.69) is 20.3 Å².